The van der Waals surface area contributed by atoms with Crippen LogP contribution in [0.1, 0.15) is 52.0 Å². The first-order chi connectivity index (χ1) is 12.1. The molecule has 7 heteroatoms. The van der Waals surface area contributed by atoms with E-state index in [-0.39, 0.29) is 11.4 Å². The van der Waals surface area contributed by atoms with Crippen LogP contribution in [0.5, 0.6) is 0 Å². The monoisotopic (exact) mass is 380 g/mol. The Morgan fingerprint density at radius 2 is 1.58 bits per heavy atom. The Kier molecular flexibility index (Phi) is 6.69. The first-order valence-electron chi connectivity index (χ1n) is 9.26. The summed E-state index contributed by atoms with van der Waals surface area (Å²) in [5.74, 6) is 0.890. The van der Waals surface area contributed by atoms with E-state index in [4.69, 9.17) is 11.1 Å². The summed E-state index contributed by atoms with van der Waals surface area (Å²) in [6, 6.07) is 7.16. The van der Waals surface area contributed by atoms with Gasteiger partial charge in [-0.15, -0.1) is 0 Å². The zero-order valence-electron chi connectivity index (χ0n) is 16.0. The second kappa shape index (κ2) is 8.39. The van der Waals surface area contributed by atoms with Crippen LogP contribution in [0.15, 0.2) is 29.2 Å². The highest BCUT2D eigenvalue weighted by atomic mass is 32.2. The Hall–Kier alpha value is -1.60. The fourth-order valence-corrected chi connectivity index (χ4v) is 4.46. The van der Waals surface area contributed by atoms with Crippen LogP contribution in [0.2, 0.25) is 0 Å². The van der Waals surface area contributed by atoms with Gasteiger partial charge in [-0.05, 0) is 60.6 Å². The Labute approximate surface area is 157 Å². The third-order valence-electron chi connectivity index (χ3n) is 5.14. The molecule has 0 atom stereocenters. The fourth-order valence-electron chi connectivity index (χ4n) is 3.34. The summed E-state index contributed by atoms with van der Waals surface area (Å²) in [6.45, 7) is 7.54. The summed E-state index contributed by atoms with van der Waals surface area (Å²) in [5, 5.41) is 10.1. The van der Waals surface area contributed by atoms with Crippen molar-refractivity contribution in [1.29, 1.82) is 5.41 Å². The number of guanidine groups is 1. The second-order valence-electron chi connectivity index (χ2n) is 8.31. The first kappa shape index (κ1) is 20.7. The number of nitrogens with one attached hydrogen (secondary N) is 3. The third-order valence-corrected chi connectivity index (χ3v) is 6.58. The zero-order chi connectivity index (χ0) is 19.4. The number of hydrogen-bond acceptors (Lipinski definition) is 3. The van der Waals surface area contributed by atoms with Gasteiger partial charge in [0, 0.05) is 13.1 Å². The van der Waals surface area contributed by atoms with Gasteiger partial charge in [0.15, 0.2) is 5.96 Å². The maximum absolute atomic E-state index is 12.5. The maximum Gasteiger partial charge on any atom is 0.240 e. The van der Waals surface area contributed by atoms with E-state index in [1.165, 1.54) is 0 Å². The Morgan fingerprint density at radius 1 is 1.08 bits per heavy atom. The molecule has 5 N–H and O–H groups in total. The van der Waals surface area contributed by atoms with Crippen molar-refractivity contribution < 1.29 is 8.42 Å². The van der Waals surface area contributed by atoms with Gasteiger partial charge in [-0.25, -0.2) is 13.1 Å². The molecule has 26 heavy (non-hydrogen) atoms. The van der Waals surface area contributed by atoms with Crippen LogP contribution in [-0.4, -0.2) is 27.5 Å². The van der Waals surface area contributed by atoms with Crippen LogP contribution in [0.25, 0.3) is 0 Å². The summed E-state index contributed by atoms with van der Waals surface area (Å²) in [4.78, 5) is 0.324. The zero-order valence-corrected chi connectivity index (χ0v) is 16.8. The van der Waals surface area contributed by atoms with Crippen molar-refractivity contribution in [2.75, 3.05) is 13.1 Å². The molecule has 0 saturated heterocycles. The van der Waals surface area contributed by atoms with Crippen LogP contribution in [0, 0.1) is 17.2 Å². The van der Waals surface area contributed by atoms with E-state index in [1.54, 1.807) is 12.1 Å². The lowest BCUT2D eigenvalue weighted by atomic mass is 9.82. The molecule has 1 saturated carbocycles. The van der Waals surface area contributed by atoms with Gasteiger partial charge in [0.25, 0.3) is 0 Å². The minimum absolute atomic E-state index is 0.00556. The minimum Gasteiger partial charge on any atom is -0.370 e. The lowest BCUT2D eigenvalue weighted by Gasteiger charge is -2.28. The minimum atomic E-state index is -3.46. The molecule has 1 aromatic rings. The molecule has 0 aliphatic heterocycles. The van der Waals surface area contributed by atoms with Crippen LogP contribution in [0.3, 0.4) is 0 Å². The lowest BCUT2D eigenvalue weighted by molar-refractivity contribution is 0.275. The normalized spacial score (nSPS) is 21.3. The molecule has 1 aliphatic rings. The molecule has 0 heterocycles. The average Bonchev–Trinajstić information content (AvgIpc) is 2.58. The number of rotatable bonds is 6. The summed E-state index contributed by atoms with van der Waals surface area (Å²) in [7, 11) is -3.46. The summed E-state index contributed by atoms with van der Waals surface area (Å²) >= 11 is 0. The van der Waals surface area contributed by atoms with E-state index in [2.05, 4.69) is 30.8 Å². The van der Waals surface area contributed by atoms with Gasteiger partial charge in [-0.2, -0.15) is 0 Å². The standard InChI is InChI=1S/C19H32N4O2S/c1-19(2,3)16-8-10-17(11-9-16)26(24,25)23-13-15-6-4-14(5-7-15)12-22-18(20)21/h8-11,14-15,23H,4-7,12-13H2,1-3H3,(H4,20,21,22)/t14-,15-. The average molecular weight is 381 g/mol. The molecule has 0 amide bonds. The van der Waals surface area contributed by atoms with E-state index >= 15 is 0 Å². The summed E-state index contributed by atoms with van der Waals surface area (Å²) in [5.41, 5.74) is 6.44. The molecule has 0 unspecified atom stereocenters. The van der Waals surface area contributed by atoms with Crippen molar-refractivity contribution in [3.8, 4) is 0 Å². The van der Waals surface area contributed by atoms with E-state index in [9.17, 15) is 8.42 Å². The van der Waals surface area contributed by atoms with Crippen LogP contribution < -0.4 is 15.8 Å². The van der Waals surface area contributed by atoms with Gasteiger partial charge in [0.2, 0.25) is 10.0 Å². The highest BCUT2D eigenvalue weighted by Crippen LogP contribution is 2.28. The smallest absolute Gasteiger partial charge is 0.240 e. The molecule has 6 nitrogen and oxygen atoms in total. The van der Waals surface area contributed by atoms with E-state index in [1.807, 2.05) is 12.1 Å². The van der Waals surface area contributed by atoms with E-state index < -0.39 is 10.0 Å². The Bertz CT molecular complexity index is 700. The van der Waals surface area contributed by atoms with Gasteiger partial charge in [-0.1, -0.05) is 32.9 Å². The van der Waals surface area contributed by atoms with Gasteiger partial charge < -0.3 is 11.1 Å². The highest BCUT2D eigenvalue weighted by molar-refractivity contribution is 7.89. The number of benzene rings is 1. The van der Waals surface area contributed by atoms with E-state index in [0.717, 1.165) is 37.8 Å². The molecule has 0 radical (unpaired) electrons. The molecule has 146 valence electrons. The van der Waals surface area contributed by atoms with E-state index in [0.29, 0.717) is 23.3 Å². The maximum atomic E-state index is 12.5. The SMILES string of the molecule is CC(C)(C)c1ccc(S(=O)(=O)NC[C@H]2CC[C@H](CNC(=N)N)CC2)cc1. The Balaban J connectivity index is 1.84. The van der Waals surface area contributed by atoms with Crippen molar-refractivity contribution >= 4 is 16.0 Å². The van der Waals surface area contributed by atoms with Crippen LogP contribution in [0.4, 0.5) is 0 Å². The third kappa shape index (κ3) is 5.99. The second-order valence-corrected chi connectivity index (χ2v) is 10.1. The van der Waals surface area contributed by atoms with Crippen LogP contribution in [-0.2, 0) is 15.4 Å². The predicted octanol–water partition coefficient (Wildman–Crippen LogP) is 2.55. The molecule has 0 aromatic heterocycles. The molecule has 2 rings (SSSR count). The molecular weight excluding hydrogens is 348 g/mol. The van der Waals surface area contributed by atoms with Gasteiger partial charge >= 0.3 is 0 Å². The van der Waals surface area contributed by atoms with Gasteiger partial charge in [-0.3, -0.25) is 5.41 Å². The van der Waals surface area contributed by atoms with Gasteiger partial charge in [0.05, 0.1) is 4.90 Å². The molecule has 0 bridgehead atoms. The molecule has 1 fully saturated rings. The lowest BCUT2D eigenvalue weighted by Crippen LogP contribution is -2.37. The summed E-state index contributed by atoms with van der Waals surface area (Å²) in [6.07, 6.45) is 4.06. The first-order valence-corrected chi connectivity index (χ1v) is 10.7. The predicted molar refractivity (Wildman–Crippen MR) is 106 cm³/mol. The quantitative estimate of drug-likeness (QED) is 0.449. The molecule has 1 aliphatic carbocycles. The Morgan fingerprint density at radius 3 is 2.04 bits per heavy atom. The summed E-state index contributed by atoms with van der Waals surface area (Å²) < 4.78 is 27.8. The number of nitrogens with two attached hydrogens (primary N) is 1. The molecular formula is C19H32N4O2S. The van der Waals surface area contributed by atoms with Crippen molar-refractivity contribution in [2.24, 2.45) is 17.6 Å². The highest BCUT2D eigenvalue weighted by Gasteiger charge is 2.23. The van der Waals surface area contributed by atoms with Crippen molar-refractivity contribution in [2.45, 2.75) is 56.8 Å². The molecule has 1 aromatic carbocycles. The van der Waals surface area contributed by atoms with Crippen molar-refractivity contribution in [3.63, 3.8) is 0 Å². The van der Waals surface area contributed by atoms with Crippen molar-refractivity contribution in [3.05, 3.63) is 29.8 Å². The number of hydrogen-bond donors (Lipinski definition) is 4. The topological polar surface area (TPSA) is 108 Å². The van der Waals surface area contributed by atoms with Gasteiger partial charge in [0.1, 0.15) is 0 Å². The largest absolute Gasteiger partial charge is 0.370 e. The fraction of sp³-hybridized carbons (Fsp3) is 0.632. The molecule has 0 spiro atoms. The van der Waals surface area contributed by atoms with Crippen molar-refractivity contribution in [1.82, 2.24) is 10.0 Å². The van der Waals surface area contributed by atoms with Crippen LogP contribution >= 0.6 is 0 Å². The number of sulfonamides is 1.